The molecule has 1 heterocycles. The second-order valence-electron chi connectivity index (χ2n) is 2.59. The normalized spacial score (nSPS) is 10.2. The van der Waals surface area contributed by atoms with Gasteiger partial charge in [-0.3, -0.25) is 5.10 Å². The first-order valence-electron chi connectivity index (χ1n) is 3.73. The van der Waals surface area contributed by atoms with Crippen molar-refractivity contribution in [3.05, 3.63) is 24.3 Å². The van der Waals surface area contributed by atoms with Gasteiger partial charge in [-0.1, -0.05) is 0 Å². The lowest BCUT2D eigenvalue weighted by Gasteiger charge is -1.94. The second-order valence-corrected chi connectivity index (χ2v) is 2.59. The van der Waals surface area contributed by atoms with Crippen LogP contribution in [0.5, 0.6) is 5.75 Å². The Bertz CT molecular complexity index is 406. The largest absolute Gasteiger partial charge is 0.508 e. The SMILES string of the molecule is Nc1n[nH]c(-c2ccc(O)cc2)n1. The molecule has 0 amide bonds. The van der Waals surface area contributed by atoms with Crippen LogP contribution in [-0.2, 0) is 0 Å². The third-order valence-electron chi connectivity index (χ3n) is 1.64. The second kappa shape index (κ2) is 2.78. The van der Waals surface area contributed by atoms with Crippen molar-refractivity contribution >= 4 is 5.95 Å². The Labute approximate surface area is 74.2 Å². The number of H-pyrrole nitrogens is 1. The molecule has 0 unspecified atom stereocenters. The molecule has 5 nitrogen and oxygen atoms in total. The summed E-state index contributed by atoms with van der Waals surface area (Å²) in [5.74, 6) is 1.02. The molecule has 0 aliphatic rings. The zero-order valence-corrected chi connectivity index (χ0v) is 6.73. The third-order valence-corrected chi connectivity index (χ3v) is 1.64. The maximum Gasteiger partial charge on any atom is 0.239 e. The third kappa shape index (κ3) is 1.44. The smallest absolute Gasteiger partial charge is 0.239 e. The van der Waals surface area contributed by atoms with Crippen LogP contribution in [0.1, 0.15) is 0 Å². The predicted octanol–water partition coefficient (Wildman–Crippen LogP) is 0.759. The summed E-state index contributed by atoms with van der Waals surface area (Å²) in [4.78, 5) is 3.94. The van der Waals surface area contributed by atoms with Crippen molar-refractivity contribution in [3.8, 4) is 17.1 Å². The molecule has 2 rings (SSSR count). The topological polar surface area (TPSA) is 87.8 Å². The molecule has 5 heteroatoms. The van der Waals surface area contributed by atoms with Gasteiger partial charge in [-0.05, 0) is 24.3 Å². The molecule has 0 radical (unpaired) electrons. The van der Waals surface area contributed by atoms with Crippen LogP contribution < -0.4 is 5.73 Å². The van der Waals surface area contributed by atoms with Crippen LogP contribution in [0.15, 0.2) is 24.3 Å². The van der Waals surface area contributed by atoms with Gasteiger partial charge in [0.15, 0.2) is 5.82 Å². The molecule has 1 aromatic heterocycles. The first-order chi connectivity index (χ1) is 6.25. The maximum atomic E-state index is 9.04. The van der Waals surface area contributed by atoms with Crippen LogP contribution in [0.4, 0.5) is 5.95 Å². The quantitative estimate of drug-likeness (QED) is 0.598. The Balaban J connectivity index is 2.41. The molecule has 66 valence electrons. The maximum absolute atomic E-state index is 9.04. The number of benzene rings is 1. The Morgan fingerprint density at radius 1 is 1.23 bits per heavy atom. The number of aromatic hydroxyl groups is 1. The number of phenolic OH excluding ortho intramolecular Hbond substituents is 1. The lowest BCUT2D eigenvalue weighted by Crippen LogP contribution is -1.85. The molecule has 1 aromatic carbocycles. The number of nitrogens with zero attached hydrogens (tertiary/aromatic N) is 2. The minimum atomic E-state index is 0.211. The monoisotopic (exact) mass is 176 g/mol. The van der Waals surface area contributed by atoms with Gasteiger partial charge in [0, 0.05) is 5.56 Å². The highest BCUT2D eigenvalue weighted by Gasteiger charge is 2.01. The van der Waals surface area contributed by atoms with Crippen molar-refractivity contribution < 1.29 is 5.11 Å². The number of hydrogen-bond acceptors (Lipinski definition) is 4. The van der Waals surface area contributed by atoms with Gasteiger partial charge in [0.05, 0.1) is 0 Å². The number of anilines is 1. The minimum Gasteiger partial charge on any atom is -0.508 e. The number of aromatic amines is 1. The van der Waals surface area contributed by atoms with Gasteiger partial charge < -0.3 is 10.8 Å². The van der Waals surface area contributed by atoms with Gasteiger partial charge in [-0.15, -0.1) is 5.10 Å². The molecular formula is C8H8N4O. The fourth-order valence-corrected chi connectivity index (χ4v) is 1.02. The highest BCUT2D eigenvalue weighted by Crippen LogP contribution is 2.18. The van der Waals surface area contributed by atoms with Crippen molar-refractivity contribution in [2.24, 2.45) is 0 Å². The number of phenols is 1. The molecule has 0 spiro atoms. The summed E-state index contributed by atoms with van der Waals surface area (Å²) in [5.41, 5.74) is 6.18. The van der Waals surface area contributed by atoms with E-state index >= 15 is 0 Å². The van der Waals surface area contributed by atoms with E-state index in [9.17, 15) is 0 Å². The molecule has 2 aromatic rings. The van der Waals surface area contributed by atoms with E-state index < -0.39 is 0 Å². The summed E-state index contributed by atoms with van der Waals surface area (Å²) in [5, 5.41) is 15.4. The Kier molecular flexibility index (Phi) is 1.63. The highest BCUT2D eigenvalue weighted by molar-refractivity contribution is 5.56. The highest BCUT2D eigenvalue weighted by atomic mass is 16.3. The van der Waals surface area contributed by atoms with Crippen LogP contribution in [-0.4, -0.2) is 20.3 Å². The summed E-state index contributed by atoms with van der Waals surface area (Å²) in [7, 11) is 0. The molecule has 0 bridgehead atoms. The molecule has 0 atom stereocenters. The van der Waals surface area contributed by atoms with E-state index in [-0.39, 0.29) is 11.7 Å². The number of rotatable bonds is 1. The van der Waals surface area contributed by atoms with Crippen molar-refractivity contribution in [1.82, 2.24) is 15.2 Å². The first-order valence-corrected chi connectivity index (χ1v) is 3.73. The standard InChI is InChI=1S/C8H8N4O/c9-8-10-7(11-12-8)5-1-3-6(13)4-2-5/h1-4,13H,(H3,9,10,11,12). The average molecular weight is 176 g/mol. The molecule has 0 fully saturated rings. The first kappa shape index (κ1) is 7.60. The van der Waals surface area contributed by atoms with Gasteiger partial charge in [0.2, 0.25) is 5.95 Å². The predicted molar refractivity (Wildman–Crippen MR) is 47.9 cm³/mol. The molecule has 0 saturated carbocycles. The Hall–Kier alpha value is -2.04. The van der Waals surface area contributed by atoms with Gasteiger partial charge in [0.25, 0.3) is 0 Å². The van der Waals surface area contributed by atoms with Crippen LogP contribution in [0.2, 0.25) is 0 Å². The number of nitrogen functional groups attached to an aromatic ring is 1. The van der Waals surface area contributed by atoms with Crippen molar-refractivity contribution in [2.45, 2.75) is 0 Å². The number of nitrogens with two attached hydrogens (primary N) is 1. The molecule has 0 aliphatic carbocycles. The van der Waals surface area contributed by atoms with Gasteiger partial charge in [-0.2, -0.15) is 4.98 Å². The molecule has 4 N–H and O–H groups in total. The Morgan fingerprint density at radius 3 is 2.46 bits per heavy atom. The number of hydrogen-bond donors (Lipinski definition) is 3. The van der Waals surface area contributed by atoms with Crippen LogP contribution >= 0.6 is 0 Å². The van der Waals surface area contributed by atoms with Gasteiger partial charge >= 0.3 is 0 Å². The number of nitrogens with one attached hydrogen (secondary N) is 1. The molecule has 0 aliphatic heterocycles. The lowest BCUT2D eigenvalue weighted by molar-refractivity contribution is 0.475. The van der Waals surface area contributed by atoms with E-state index in [1.165, 1.54) is 0 Å². The van der Waals surface area contributed by atoms with Crippen molar-refractivity contribution in [2.75, 3.05) is 5.73 Å². The summed E-state index contributed by atoms with van der Waals surface area (Å²) in [6.45, 7) is 0. The van der Waals surface area contributed by atoms with Crippen molar-refractivity contribution in [1.29, 1.82) is 0 Å². The van der Waals surface area contributed by atoms with Crippen LogP contribution in [0.3, 0.4) is 0 Å². The van der Waals surface area contributed by atoms with Crippen LogP contribution in [0.25, 0.3) is 11.4 Å². The summed E-state index contributed by atoms with van der Waals surface area (Å²) in [6.07, 6.45) is 0. The number of aromatic nitrogens is 3. The van der Waals surface area contributed by atoms with E-state index in [0.717, 1.165) is 5.56 Å². The van der Waals surface area contributed by atoms with E-state index in [2.05, 4.69) is 15.2 Å². The summed E-state index contributed by atoms with van der Waals surface area (Å²) < 4.78 is 0. The van der Waals surface area contributed by atoms with Gasteiger partial charge in [0.1, 0.15) is 5.75 Å². The van der Waals surface area contributed by atoms with E-state index in [1.807, 2.05) is 0 Å². The van der Waals surface area contributed by atoms with Gasteiger partial charge in [-0.25, -0.2) is 0 Å². The molecular weight excluding hydrogens is 168 g/mol. The van der Waals surface area contributed by atoms with Crippen LogP contribution in [0, 0.1) is 0 Å². The summed E-state index contributed by atoms with van der Waals surface area (Å²) in [6, 6.07) is 6.62. The van der Waals surface area contributed by atoms with E-state index in [1.54, 1.807) is 24.3 Å². The summed E-state index contributed by atoms with van der Waals surface area (Å²) >= 11 is 0. The zero-order valence-electron chi connectivity index (χ0n) is 6.73. The minimum absolute atomic E-state index is 0.211. The zero-order chi connectivity index (χ0) is 9.26. The molecule has 13 heavy (non-hydrogen) atoms. The fourth-order valence-electron chi connectivity index (χ4n) is 1.02. The lowest BCUT2D eigenvalue weighted by atomic mass is 10.2. The van der Waals surface area contributed by atoms with E-state index in [4.69, 9.17) is 10.8 Å². The van der Waals surface area contributed by atoms with E-state index in [0.29, 0.717) is 5.82 Å². The fraction of sp³-hybridized carbons (Fsp3) is 0. The Morgan fingerprint density at radius 2 is 1.92 bits per heavy atom. The average Bonchev–Trinajstić information content (AvgIpc) is 2.53. The van der Waals surface area contributed by atoms with Crippen molar-refractivity contribution in [3.63, 3.8) is 0 Å². The molecule has 0 saturated heterocycles.